The van der Waals surface area contributed by atoms with Crippen molar-refractivity contribution >= 4 is 5.97 Å². The molecule has 0 fully saturated rings. The molecule has 0 aliphatic heterocycles. The molecule has 0 aromatic heterocycles. The van der Waals surface area contributed by atoms with Gasteiger partial charge in [-0.2, -0.15) is 0 Å². The third kappa shape index (κ3) is 4.79. The van der Waals surface area contributed by atoms with Gasteiger partial charge in [0, 0.05) is 0 Å². The molecule has 3 heteroatoms. The molecule has 0 saturated heterocycles. The van der Waals surface area contributed by atoms with Crippen molar-refractivity contribution in [1.82, 2.24) is 5.32 Å². The molecule has 0 aliphatic carbocycles. The Morgan fingerprint density at radius 2 is 2.09 bits per heavy atom. The Balaban J connectivity index is 0. The third-order valence-electron chi connectivity index (χ3n) is 1.33. The summed E-state index contributed by atoms with van der Waals surface area (Å²) in [6.07, 6.45) is 0.773. The molecule has 0 aliphatic rings. The van der Waals surface area contributed by atoms with Crippen LogP contribution in [0.25, 0.3) is 0 Å². The number of likely N-dealkylation sites (N-methyl/N-ethyl adjacent to an activating group) is 1. The van der Waals surface area contributed by atoms with Crippen molar-refractivity contribution in [2.45, 2.75) is 33.7 Å². The third-order valence-corrected chi connectivity index (χ3v) is 1.33. The molecular weight excluding hydrogens is 142 g/mol. The van der Waals surface area contributed by atoms with Crippen LogP contribution < -0.4 is 5.32 Å². The summed E-state index contributed by atoms with van der Waals surface area (Å²) < 4.78 is 4.78. The number of carbonyl (C=O) groups excluding carboxylic acids is 1. The summed E-state index contributed by atoms with van der Waals surface area (Å²) >= 11 is 0. The highest BCUT2D eigenvalue weighted by Crippen LogP contribution is 1.92. The fraction of sp³-hybridized carbons (Fsp3) is 0.875. The van der Waals surface area contributed by atoms with E-state index in [0.29, 0.717) is 6.61 Å². The molecule has 1 unspecified atom stereocenters. The van der Waals surface area contributed by atoms with Crippen LogP contribution in [0, 0.1) is 0 Å². The van der Waals surface area contributed by atoms with Gasteiger partial charge < -0.3 is 10.1 Å². The zero-order chi connectivity index (χ0) is 7.98. The van der Waals surface area contributed by atoms with Crippen LogP contribution in [0.4, 0.5) is 0 Å². The summed E-state index contributed by atoms with van der Waals surface area (Å²) in [6, 6.07) is -0.139. The highest BCUT2D eigenvalue weighted by molar-refractivity contribution is 5.75. The molecule has 0 aromatic rings. The standard InChI is InChI=1S/C7H15NO2.CH4/c1-4-6(8-3)7(9)10-5-2;/h6,8H,4-5H2,1-3H3;1H4. The zero-order valence-electron chi connectivity index (χ0n) is 6.81. The summed E-state index contributed by atoms with van der Waals surface area (Å²) in [6.45, 7) is 4.20. The molecule has 1 N–H and O–H groups in total. The zero-order valence-corrected chi connectivity index (χ0v) is 6.81. The molecule has 0 saturated carbocycles. The van der Waals surface area contributed by atoms with Crippen LogP contribution >= 0.6 is 0 Å². The topological polar surface area (TPSA) is 38.3 Å². The van der Waals surface area contributed by atoms with E-state index in [1.807, 2.05) is 6.92 Å². The maximum absolute atomic E-state index is 10.9. The first-order valence-corrected chi connectivity index (χ1v) is 3.60. The van der Waals surface area contributed by atoms with Gasteiger partial charge in [0.1, 0.15) is 6.04 Å². The molecule has 0 spiro atoms. The van der Waals surface area contributed by atoms with Gasteiger partial charge in [-0.3, -0.25) is 4.79 Å². The van der Waals surface area contributed by atoms with E-state index in [1.54, 1.807) is 14.0 Å². The first-order chi connectivity index (χ1) is 4.76. The van der Waals surface area contributed by atoms with E-state index in [0.717, 1.165) is 6.42 Å². The number of nitrogens with one attached hydrogen (secondary N) is 1. The van der Waals surface area contributed by atoms with Crippen molar-refractivity contribution in [3.63, 3.8) is 0 Å². The van der Waals surface area contributed by atoms with E-state index in [2.05, 4.69) is 5.32 Å². The molecule has 0 heterocycles. The minimum Gasteiger partial charge on any atom is -0.465 e. The second-order valence-electron chi connectivity index (χ2n) is 2.00. The molecule has 0 rings (SSSR count). The van der Waals surface area contributed by atoms with Crippen LogP contribution in [0.5, 0.6) is 0 Å². The molecular formula is C8H19NO2. The van der Waals surface area contributed by atoms with Crippen LogP contribution in [-0.2, 0) is 9.53 Å². The van der Waals surface area contributed by atoms with Crippen molar-refractivity contribution in [3.8, 4) is 0 Å². The van der Waals surface area contributed by atoms with Crippen LogP contribution in [0.3, 0.4) is 0 Å². The monoisotopic (exact) mass is 161 g/mol. The smallest absolute Gasteiger partial charge is 0.323 e. The van der Waals surface area contributed by atoms with E-state index < -0.39 is 0 Å². The minimum atomic E-state index is -0.160. The Morgan fingerprint density at radius 1 is 1.55 bits per heavy atom. The van der Waals surface area contributed by atoms with Crippen molar-refractivity contribution in [2.24, 2.45) is 0 Å². The number of esters is 1. The van der Waals surface area contributed by atoms with E-state index >= 15 is 0 Å². The maximum Gasteiger partial charge on any atom is 0.323 e. The number of ether oxygens (including phenoxy) is 1. The molecule has 68 valence electrons. The van der Waals surface area contributed by atoms with E-state index in [9.17, 15) is 4.79 Å². The Hall–Kier alpha value is -0.570. The first-order valence-electron chi connectivity index (χ1n) is 3.60. The molecule has 3 nitrogen and oxygen atoms in total. The average Bonchev–Trinajstić information content (AvgIpc) is 1.91. The van der Waals surface area contributed by atoms with Gasteiger partial charge >= 0.3 is 5.97 Å². The number of hydrogen-bond donors (Lipinski definition) is 1. The highest BCUT2D eigenvalue weighted by atomic mass is 16.5. The van der Waals surface area contributed by atoms with E-state index in [4.69, 9.17) is 4.74 Å². The molecule has 0 radical (unpaired) electrons. The van der Waals surface area contributed by atoms with Gasteiger partial charge in [-0.15, -0.1) is 0 Å². The fourth-order valence-corrected chi connectivity index (χ4v) is 0.731. The Kier molecular flexibility index (Phi) is 8.94. The van der Waals surface area contributed by atoms with Crippen LogP contribution in [0.1, 0.15) is 27.7 Å². The lowest BCUT2D eigenvalue weighted by molar-refractivity contribution is -0.145. The lowest BCUT2D eigenvalue weighted by Gasteiger charge is -2.11. The maximum atomic E-state index is 10.9. The number of hydrogen-bond acceptors (Lipinski definition) is 3. The molecule has 0 bridgehead atoms. The van der Waals surface area contributed by atoms with Crippen molar-refractivity contribution in [3.05, 3.63) is 0 Å². The van der Waals surface area contributed by atoms with Gasteiger partial charge in [-0.05, 0) is 20.4 Å². The molecule has 11 heavy (non-hydrogen) atoms. The second kappa shape index (κ2) is 7.54. The highest BCUT2D eigenvalue weighted by Gasteiger charge is 2.13. The summed E-state index contributed by atoms with van der Waals surface area (Å²) in [5.74, 6) is -0.160. The number of rotatable bonds is 4. The lowest BCUT2D eigenvalue weighted by Crippen LogP contribution is -2.34. The van der Waals surface area contributed by atoms with Gasteiger partial charge in [0.05, 0.1) is 6.61 Å². The van der Waals surface area contributed by atoms with E-state index in [-0.39, 0.29) is 19.4 Å². The quantitative estimate of drug-likeness (QED) is 0.629. The molecule has 1 atom stereocenters. The Bertz CT molecular complexity index is 100. The van der Waals surface area contributed by atoms with Gasteiger partial charge in [0.25, 0.3) is 0 Å². The normalized spacial score (nSPS) is 11.5. The molecule has 0 aromatic carbocycles. The predicted molar refractivity (Wildman–Crippen MR) is 46.5 cm³/mol. The summed E-state index contributed by atoms with van der Waals surface area (Å²) in [5.41, 5.74) is 0. The number of carbonyl (C=O) groups is 1. The van der Waals surface area contributed by atoms with Crippen molar-refractivity contribution in [2.75, 3.05) is 13.7 Å². The summed E-state index contributed by atoms with van der Waals surface area (Å²) in [4.78, 5) is 10.9. The van der Waals surface area contributed by atoms with Crippen molar-refractivity contribution in [1.29, 1.82) is 0 Å². The van der Waals surface area contributed by atoms with Gasteiger partial charge in [0.15, 0.2) is 0 Å². The Labute approximate surface area is 69.1 Å². The SMILES string of the molecule is C.CCOC(=O)C(CC)NC. The van der Waals surface area contributed by atoms with Gasteiger partial charge in [-0.25, -0.2) is 0 Å². The fourth-order valence-electron chi connectivity index (χ4n) is 0.731. The van der Waals surface area contributed by atoms with E-state index in [1.165, 1.54) is 0 Å². The second-order valence-corrected chi connectivity index (χ2v) is 2.00. The van der Waals surface area contributed by atoms with Gasteiger partial charge in [-0.1, -0.05) is 14.4 Å². The van der Waals surface area contributed by atoms with Gasteiger partial charge in [0.2, 0.25) is 0 Å². The van der Waals surface area contributed by atoms with Crippen LogP contribution in [0.2, 0.25) is 0 Å². The Morgan fingerprint density at radius 3 is 2.36 bits per heavy atom. The van der Waals surface area contributed by atoms with Crippen molar-refractivity contribution < 1.29 is 9.53 Å². The largest absolute Gasteiger partial charge is 0.465 e. The summed E-state index contributed by atoms with van der Waals surface area (Å²) in [7, 11) is 1.76. The molecule has 0 amide bonds. The average molecular weight is 161 g/mol. The minimum absolute atomic E-state index is 0. The predicted octanol–water partition coefficient (Wildman–Crippen LogP) is 1.18. The first kappa shape index (κ1) is 13.1. The summed E-state index contributed by atoms with van der Waals surface area (Å²) in [5, 5.41) is 2.86. The van der Waals surface area contributed by atoms with Crippen LogP contribution in [-0.4, -0.2) is 25.7 Å². The lowest BCUT2D eigenvalue weighted by atomic mass is 10.2. The van der Waals surface area contributed by atoms with Crippen LogP contribution in [0.15, 0.2) is 0 Å².